The Hall–Kier alpha value is -1.85. The topological polar surface area (TPSA) is 38.8 Å². The number of esters is 1. The Morgan fingerprint density at radius 1 is 1.06 bits per heavy atom. The van der Waals surface area contributed by atoms with Crippen molar-refractivity contribution in [2.75, 3.05) is 13.2 Å². The van der Waals surface area contributed by atoms with Crippen molar-refractivity contribution in [3.63, 3.8) is 0 Å². The van der Waals surface area contributed by atoms with E-state index < -0.39 is 0 Å². The van der Waals surface area contributed by atoms with E-state index in [1.165, 1.54) is 11.1 Å². The number of carbonyl (C=O) groups excluding carboxylic acids is 1. The second-order valence-electron chi connectivity index (χ2n) is 9.91. The number of ether oxygens (including phenoxy) is 2. The predicted octanol–water partition coefficient (Wildman–Crippen LogP) is 5.89. The van der Waals surface area contributed by atoms with Crippen molar-refractivity contribution >= 4 is 21.9 Å². The van der Waals surface area contributed by atoms with E-state index in [2.05, 4.69) is 84.9 Å². The van der Waals surface area contributed by atoms with Gasteiger partial charge in [-0.25, -0.2) is 0 Å². The first-order valence-corrected chi connectivity index (χ1v) is 12.0. The van der Waals surface area contributed by atoms with Crippen LogP contribution >= 0.6 is 15.9 Å². The summed E-state index contributed by atoms with van der Waals surface area (Å²) >= 11 is 3.53. The van der Waals surface area contributed by atoms with Crippen molar-refractivity contribution in [2.24, 2.45) is 5.92 Å². The molecule has 2 heterocycles. The maximum Gasteiger partial charge on any atom is 0.323 e. The van der Waals surface area contributed by atoms with Gasteiger partial charge in [0.25, 0.3) is 0 Å². The van der Waals surface area contributed by atoms with Gasteiger partial charge in [0.2, 0.25) is 0 Å². The van der Waals surface area contributed by atoms with Crippen LogP contribution in [0.15, 0.2) is 53.0 Å². The molecule has 0 bridgehead atoms. The maximum absolute atomic E-state index is 12.8. The Kier molecular flexibility index (Phi) is 6.45. The molecule has 1 unspecified atom stereocenters. The molecule has 0 radical (unpaired) electrons. The number of piperidine rings is 1. The summed E-state index contributed by atoms with van der Waals surface area (Å²) < 4.78 is 12.9. The standard InChI is InChI=1S/C26H32BrNO3/c1-17-5-14-23-25(29)31-22(15-28(23)24(17)18-6-10-20(27)11-7-18)16-30-21-12-8-19(9-13-21)26(2,3)4/h6-13,17,22-24H,5,14-16H2,1-4H3/t17-,22?,23+,24-/m1/s1. The minimum absolute atomic E-state index is 0.111. The number of nitrogens with zero attached hydrogens (tertiary/aromatic N) is 1. The molecule has 2 aromatic carbocycles. The summed E-state index contributed by atoms with van der Waals surface area (Å²) in [6.45, 7) is 9.94. The number of fused-ring (bicyclic) bond motifs is 1. The molecule has 4 rings (SSSR count). The molecule has 2 saturated heterocycles. The van der Waals surface area contributed by atoms with Gasteiger partial charge in [-0.1, -0.05) is 67.9 Å². The first-order chi connectivity index (χ1) is 14.7. The number of rotatable bonds is 4. The smallest absolute Gasteiger partial charge is 0.323 e. The summed E-state index contributed by atoms with van der Waals surface area (Å²) in [5, 5.41) is 0. The highest BCUT2D eigenvalue weighted by atomic mass is 79.9. The minimum Gasteiger partial charge on any atom is -0.490 e. The van der Waals surface area contributed by atoms with Crippen molar-refractivity contribution in [1.82, 2.24) is 4.90 Å². The molecule has 4 atom stereocenters. The Bertz CT molecular complexity index is 904. The van der Waals surface area contributed by atoms with Crippen molar-refractivity contribution in [2.45, 2.75) is 64.1 Å². The van der Waals surface area contributed by atoms with Gasteiger partial charge in [-0.15, -0.1) is 0 Å². The molecular weight excluding hydrogens is 454 g/mol. The van der Waals surface area contributed by atoms with Crippen LogP contribution in [0.25, 0.3) is 0 Å². The third kappa shape index (κ3) is 4.98. The fraction of sp³-hybridized carbons (Fsp3) is 0.500. The zero-order valence-electron chi connectivity index (χ0n) is 18.8. The van der Waals surface area contributed by atoms with E-state index in [9.17, 15) is 4.79 Å². The van der Waals surface area contributed by atoms with Gasteiger partial charge in [-0.2, -0.15) is 0 Å². The summed E-state index contributed by atoms with van der Waals surface area (Å²) in [5.74, 6) is 1.18. The fourth-order valence-electron chi connectivity index (χ4n) is 4.78. The van der Waals surface area contributed by atoms with E-state index in [1.54, 1.807) is 0 Å². The van der Waals surface area contributed by atoms with E-state index in [1.807, 2.05) is 12.1 Å². The lowest BCUT2D eigenvalue weighted by Gasteiger charge is -2.48. The van der Waals surface area contributed by atoms with Gasteiger partial charge in [0, 0.05) is 17.1 Å². The molecule has 0 aliphatic carbocycles. The van der Waals surface area contributed by atoms with Gasteiger partial charge in [0.15, 0.2) is 0 Å². The first-order valence-electron chi connectivity index (χ1n) is 11.2. The molecule has 0 N–H and O–H groups in total. The van der Waals surface area contributed by atoms with Crippen molar-refractivity contribution in [1.29, 1.82) is 0 Å². The van der Waals surface area contributed by atoms with Crippen molar-refractivity contribution in [3.8, 4) is 5.75 Å². The van der Waals surface area contributed by atoms with E-state index in [0.29, 0.717) is 19.1 Å². The van der Waals surface area contributed by atoms with Crippen LogP contribution in [0.5, 0.6) is 5.75 Å². The molecule has 166 valence electrons. The SMILES string of the molecule is C[C@@H]1CC[C@H]2C(=O)OC(COc3ccc(C(C)(C)C)cc3)CN2[C@H]1c1ccc(Br)cc1. The van der Waals surface area contributed by atoms with Crippen LogP contribution in [0.4, 0.5) is 0 Å². The van der Waals surface area contributed by atoms with Crippen LogP contribution in [0, 0.1) is 5.92 Å². The van der Waals surface area contributed by atoms with Crippen molar-refractivity contribution < 1.29 is 14.3 Å². The molecular formula is C26H32BrNO3. The molecule has 0 amide bonds. The molecule has 2 fully saturated rings. The number of hydrogen-bond donors (Lipinski definition) is 0. The van der Waals surface area contributed by atoms with E-state index in [0.717, 1.165) is 23.1 Å². The highest BCUT2D eigenvalue weighted by Crippen LogP contribution is 2.41. The summed E-state index contributed by atoms with van der Waals surface area (Å²) in [5.41, 5.74) is 2.64. The first kappa shape index (κ1) is 22.3. The molecule has 5 heteroatoms. The van der Waals surface area contributed by atoms with E-state index >= 15 is 0 Å². The molecule has 2 aliphatic rings. The summed E-state index contributed by atoms with van der Waals surface area (Å²) in [6.07, 6.45) is 1.61. The van der Waals surface area contributed by atoms with Crippen LogP contribution in [0.1, 0.15) is 57.7 Å². The van der Waals surface area contributed by atoms with Crippen LogP contribution in [0.3, 0.4) is 0 Å². The van der Waals surface area contributed by atoms with Crippen LogP contribution in [-0.4, -0.2) is 36.2 Å². The number of cyclic esters (lactones) is 1. The third-order valence-corrected chi connectivity index (χ3v) is 7.06. The zero-order chi connectivity index (χ0) is 22.2. The highest BCUT2D eigenvalue weighted by Gasteiger charge is 2.45. The molecule has 31 heavy (non-hydrogen) atoms. The lowest BCUT2D eigenvalue weighted by molar-refractivity contribution is -0.176. The molecule has 2 aromatic rings. The van der Waals surface area contributed by atoms with Gasteiger partial charge in [0.1, 0.15) is 24.5 Å². The Labute approximate surface area is 194 Å². The Morgan fingerprint density at radius 3 is 2.39 bits per heavy atom. The number of benzene rings is 2. The largest absolute Gasteiger partial charge is 0.490 e. The summed E-state index contributed by atoms with van der Waals surface area (Å²) in [4.78, 5) is 15.2. The average molecular weight is 486 g/mol. The average Bonchev–Trinajstić information content (AvgIpc) is 2.73. The van der Waals surface area contributed by atoms with Gasteiger partial charge in [-0.3, -0.25) is 9.69 Å². The van der Waals surface area contributed by atoms with Crippen molar-refractivity contribution in [3.05, 3.63) is 64.1 Å². The second kappa shape index (κ2) is 8.95. The summed E-state index contributed by atoms with van der Waals surface area (Å²) in [6, 6.07) is 16.8. The van der Waals surface area contributed by atoms with Gasteiger partial charge >= 0.3 is 5.97 Å². The minimum atomic E-state index is -0.269. The van der Waals surface area contributed by atoms with Crippen LogP contribution in [0.2, 0.25) is 0 Å². The molecule has 0 saturated carbocycles. The van der Waals surface area contributed by atoms with Gasteiger partial charge < -0.3 is 9.47 Å². The van der Waals surface area contributed by atoms with E-state index in [-0.39, 0.29) is 29.6 Å². The molecule has 0 aromatic heterocycles. The van der Waals surface area contributed by atoms with Gasteiger partial charge in [-0.05, 0) is 59.6 Å². The normalized spacial score (nSPS) is 26.8. The predicted molar refractivity (Wildman–Crippen MR) is 126 cm³/mol. The number of hydrogen-bond acceptors (Lipinski definition) is 4. The van der Waals surface area contributed by atoms with Crippen LogP contribution in [-0.2, 0) is 14.9 Å². The Morgan fingerprint density at radius 2 is 1.74 bits per heavy atom. The van der Waals surface area contributed by atoms with Gasteiger partial charge in [0.05, 0.1) is 0 Å². The van der Waals surface area contributed by atoms with E-state index in [4.69, 9.17) is 9.47 Å². The molecule has 2 aliphatic heterocycles. The lowest BCUT2D eigenvalue weighted by atomic mass is 9.82. The molecule has 0 spiro atoms. The molecule has 4 nitrogen and oxygen atoms in total. The maximum atomic E-state index is 12.8. The number of carbonyl (C=O) groups is 1. The Balaban J connectivity index is 1.46. The number of morpholine rings is 1. The monoisotopic (exact) mass is 485 g/mol. The third-order valence-electron chi connectivity index (χ3n) is 6.53. The lowest BCUT2D eigenvalue weighted by Crippen LogP contribution is -2.58. The summed E-state index contributed by atoms with van der Waals surface area (Å²) in [7, 11) is 0. The highest BCUT2D eigenvalue weighted by molar-refractivity contribution is 9.10. The zero-order valence-corrected chi connectivity index (χ0v) is 20.4. The quantitative estimate of drug-likeness (QED) is 0.505. The number of halogens is 1. The second-order valence-corrected chi connectivity index (χ2v) is 10.8. The van der Waals surface area contributed by atoms with Crippen LogP contribution < -0.4 is 4.74 Å². The fourth-order valence-corrected chi connectivity index (χ4v) is 5.05.